The van der Waals surface area contributed by atoms with E-state index in [4.69, 9.17) is 0 Å². The van der Waals surface area contributed by atoms with Crippen molar-refractivity contribution in [1.82, 2.24) is 5.32 Å². The van der Waals surface area contributed by atoms with E-state index in [1.807, 2.05) is 0 Å². The number of hydrogen-bond donors (Lipinski definition) is 1. The molecule has 0 saturated carbocycles. The van der Waals surface area contributed by atoms with Crippen LogP contribution < -0.4 is 5.32 Å². The van der Waals surface area contributed by atoms with Crippen LogP contribution in [0, 0.1) is 11.8 Å². The maximum absolute atomic E-state index is 3.88. The van der Waals surface area contributed by atoms with Gasteiger partial charge in [-0.25, -0.2) is 0 Å². The highest BCUT2D eigenvalue weighted by Gasteiger charge is 2.11. The Labute approximate surface area is 173 Å². The molecule has 2 unspecified atom stereocenters. The summed E-state index contributed by atoms with van der Waals surface area (Å²) in [4.78, 5) is 0. The van der Waals surface area contributed by atoms with Gasteiger partial charge in [-0.1, -0.05) is 124 Å². The zero-order valence-electron chi connectivity index (χ0n) is 19.8. The Kier molecular flexibility index (Phi) is 22.2. The van der Waals surface area contributed by atoms with E-state index in [0.29, 0.717) is 0 Å². The van der Waals surface area contributed by atoms with Gasteiger partial charge in [0.15, 0.2) is 0 Å². The van der Waals surface area contributed by atoms with Crippen LogP contribution in [0.3, 0.4) is 0 Å². The van der Waals surface area contributed by atoms with E-state index in [0.717, 1.165) is 11.8 Å². The maximum atomic E-state index is 3.88. The van der Waals surface area contributed by atoms with Crippen molar-refractivity contribution in [3.05, 3.63) is 0 Å². The number of hydrogen-bond acceptors (Lipinski definition) is 1. The predicted octanol–water partition coefficient (Wildman–Crippen LogP) is 8.91. The molecule has 0 aromatic rings. The van der Waals surface area contributed by atoms with E-state index >= 15 is 0 Å². The Morgan fingerprint density at radius 1 is 0.444 bits per heavy atom. The van der Waals surface area contributed by atoms with E-state index < -0.39 is 0 Å². The second-order valence-electron chi connectivity index (χ2n) is 9.05. The third-order valence-electron chi connectivity index (χ3n) is 6.34. The van der Waals surface area contributed by atoms with Gasteiger partial charge in [0.1, 0.15) is 0 Å². The van der Waals surface area contributed by atoms with E-state index in [1.165, 1.54) is 129 Å². The van der Waals surface area contributed by atoms with Crippen LogP contribution >= 0.6 is 0 Å². The predicted molar refractivity (Wildman–Crippen MR) is 126 cm³/mol. The topological polar surface area (TPSA) is 12.0 Å². The van der Waals surface area contributed by atoms with Gasteiger partial charge in [0, 0.05) is 0 Å². The lowest BCUT2D eigenvalue weighted by Crippen LogP contribution is -2.28. The van der Waals surface area contributed by atoms with Gasteiger partial charge in [0.25, 0.3) is 0 Å². The van der Waals surface area contributed by atoms with E-state index in [9.17, 15) is 0 Å². The molecule has 0 radical (unpaired) electrons. The van der Waals surface area contributed by atoms with Crippen LogP contribution in [0.1, 0.15) is 143 Å². The van der Waals surface area contributed by atoms with Crippen molar-refractivity contribution < 1.29 is 0 Å². The fourth-order valence-corrected chi connectivity index (χ4v) is 4.22. The molecule has 1 nitrogen and oxygen atoms in total. The van der Waals surface area contributed by atoms with Crippen LogP contribution in [-0.2, 0) is 0 Å². The van der Waals surface area contributed by atoms with Gasteiger partial charge in [-0.15, -0.1) is 0 Å². The fraction of sp³-hybridized carbons (Fsp3) is 1.00. The summed E-state index contributed by atoms with van der Waals surface area (Å²) in [5.41, 5.74) is 0. The van der Waals surface area contributed by atoms with E-state index in [-0.39, 0.29) is 0 Å². The summed E-state index contributed by atoms with van der Waals surface area (Å²) in [7, 11) is 0. The first-order valence-corrected chi connectivity index (χ1v) is 13.0. The molecule has 0 spiro atoms. The van der Waals surface area contributed by atoms with Crippen LogP contribution in [0.5, 0.6) is 0 Å². The normalized spacial score (nSPS) is 13.8. The van der Waals surface area contributed by atoms with Gasteiger partial charge < -0.3 is 5.32 Å². The highest BCUT2D eigenvalue weighted by molar-refractivity contribution is 4.67. The monoisotopic (exact) mass is 381 g/mol. The highest BCUT2D eigenvalue weighted by atomic mass is 14.9. The van der Waals surface area contributed by atoms with Gasteiger partial charge in [-0.2, -0.15) is 0 Å². The molecule has 0 aliphatic heterocycles. The minimum absolute atomic E-state index is 0.900. The first-order chi connectivity index (χ1) is 13.3. The molecule has 0 bridgehead atoms. The average molecular weight is 382 g/mol. The second-order valence-corrected chi connectivity index (χ2v) is 9.05. The number of unbranched alkanes of at least 4 members (excludes halogenated alkanes) is 11. The molecule has 0 amide bonds. The van der Waals surface area contributed by atoms with Crippen molar-refractivity contribution in [2.24, 2.45) is 11.8 Å². The molecule has 0 aliphatic rings. The lowest BCUT2D eigenvalue weighted by Gasteiger charge is -2.21. The summed E-state index contributed by atoms with van der Waals surface area (Å²) in [5, 5.41) is 3.88. The Bertz CT molecular complexity index is 263. The van der Waals surface area contributed by atoms with Crippen molar-refractivity contribution >= 4 is 0 Å². The Balaban J connectivity index is 4.00. The lowest BCUT2D eigenvalue weighted by atomic mass is 9.93. The van der Waals surface area contributed by atoms with E-state index in [2.05, 4.69) is 33.0 Å². The van der Waals surface area contributed by atoms with Gasteiger partial charge in [0.05, 0.1) is 0 Å². The largest absolute Gasteiger partial charge is 0.316 e. The third kappa shape index (κ3) is 19.1. The van der Waals surface area contributed by atoms with Crippen molar-refractivity contribution in [3.63, 3.8) is 0 Å². The number of rotatable bonds is 22. The smallest absolute Gasteiger partial charge is 0.00204 e. The molecule has 1 heteroatoms. The molecule has 1 N–H and O–H groups in total. The molecular formula is C26H55N. The minimum atomic E-state index is 0.900. The highest BCUT2D eigenvalue weighted by Crippen LogP contribution is 2.19. The second kappa shape index (κ2) is 22.3. The van der Waals surface area contributed by atoms with Crippen LogP contribution in [0.4, 0.5) is 0 Å². The molecule has 0 aromatic carbocycles. The standard InChI is InChI=1S/C26H55N/c1-5-9-12-15-16-19-22-26(21-18-14-11-7-3)24-27-23-25(8-4)20-17-13-10-6-2/h25-27H,5-24H2,1-4H3. The zero-order chi connectivity index (χ0) is 20.0. The average Bonchev–Trinajstić information content (AvgIpc) is 2.69. The summed E-state index contributed by atoms with van der Waals surface area (Å²) < 4.78 is 0. The van der Waals surface area contributed by atoms with Crippen LogP contribution in [0.2, 0.25) is 0 Å². The van der Waals surface area contributed by atoms with Crippen molar-refractivity contribution in [2.45, 2.75) is 143 Å². The first-order valence-electron chi connectivity index (χ1n) is 13.0. The SMILES string of the molecule is CCCCCCCCC(CCCCCC)CNCC(CC)CCCCCC. The maximum Gasteiger partial charge on any atom is -0.00204 e. The van der Waals surface area contributed by atoms with Crippen molar-refractivity contribution in [3.8, 4) is 0 Å². The minimum Gasteiger partial charge on any atom is -0.316 e. The fourth-order valence-electron chi connectivity index (χ4n) is 4.22. The van der Waals surface area contributed by atoms with Gasteiger partial charge in [-0.3, -0.25) is 0 Å². The molecule has 27 heavy (non-hydrogen) atoms. The van der Waals surface area contributed by atoms with Crippen molar-refractivity contribution in [1.29, 1.82) is 0 Å². The Morgan fingerprint density at radius 3 is 1.30 bits per heavy atom. The molecule has 2 atom stereocenters. The molecule has 0 saturated heterocycles. The zero-order valence-corrected chi connectivity index (χ0v) is 19.8. The van der Waals surface area contributed by atoms with Gasteiger partial charge >= 0.3 is 0 Å². The molecule has 0 aromatic heterocycles. The Hall–Kier alpha value is -0.0400. The summed E-state index contributed by atoms with van der Waals surface area (Å²) in [5.74, 6) is 1.82. The van der Waals surface area contributed by atoms with E-state index in [1.54, 1.807) is 0 Å². The molecule has 0 aliphatic carbocycles. The van der Waals surface area contributed by atoms with Crippen molar-refractivity contribution in [2.75, 3.05) is 13.1 Å². The van der Waals surface area contributed by atoms with Gasteiger partial charge in [0.2, 0.25) is 0 Å². The number of nitrogens with one attached hydrogen (secondary N) is 1. The molecular weight excluding hydrogens is 326 g/mol. The summed E-state index contributed by atoms with van der Waals surface area (Å²) >= 11 is 0. The van der Waals surface area contributed by atoms with Crippen LogP contribution in [0.15, 0.2) is 0 Å². The molecule has 164 valence electrons. The quantitative estimate of drug-likeness (QED) is 0.185. The summed E-state index contributed by atoms with van der Waals surface area (Å²) in [6.45, 7) is 11.8. The third-order valence-corrected chi connectivity index (χ3v) is 6.34. The van der Waals surface area contributed by atoms with Gasteiger partial charge in [-0.05, 0) is 44.2 Å². The molecule has 0 rings (SSSR count). The first kappa shape index (κ1) is 27.0. The van der Waals surface area contributed by atoms with Crippen LogP contribution in [-0.4, -0.2) is 13.1 Å². The molecule has 0 heterocycles. The van der Waals surface area contributed by atoms with Crippen LogP contribution in [0.25, 0.3) is 0 Å². The lowest BCUT2D eigenvalue weighted by molar-refractivity contribution is 0.352. The summed E-state index contributed by atoms with van der Waals surface area (Å²) in [6.07, 6.45) is 25.6. The summed E-state index contributed by atoms with van der Waals surface area (Å²) in [6, 6.07) is 0. The molecule has 0 fully saturated rings. The Morgan fingerprint density at radius 2 is 0.815 bits per heavy atom.